The van der Waals surface area contributed by atoms with Gasteiger partial charge in [0.1, 0.15) is 0 Å². The Morgan fingerprint density at radius 1 is 1.57 bits per heavy atom. The number of rotatable bonds is 4. The second kappa shape index (κ2) is 5.57. The van der Waals surface area contributed by atoms with Gasteiger partial charge in [0.25, 0.3) is 0 Å². The predicted molar refractivity (Wildman–Crippen MR) is 74.6 cm³/mol. The van der Waals surface area contributed by atoms with Gasteiger partial charge in [-0.05, 0) is 12.0 Å². The molecule has 2 rings (SSSR count). The van der Waals surface area contributed by atoms with Gasteiger partial charge in [-0.2, -0.15) is 5.10 Å². The molecule has 3 N–H and O–H groups in total. The molecule has 0 atom stereocenters. The molecule has 0 unspecified atom stereocenters. The first-order valence-corrected chi connectivity index (χ1v) is 6.12. The summed E-state index contributed by atoms with van der Waals surface area (Å²) in [4.78, 5) is 14.6. The minimum absolute atomic E-state index is 0.0707. The number of amidine groups is 1. The van der Waals surface area contributed by atoms with Crippen LogP contribution in [0.4, 0.5) is 5.69 Å². The lowest BCUT2D eigenvalue weighted by molar-refractivity contribution is -0.384. The number of nitro groups is 1. The molecule has 0 bridgehead atoms. The molecular weight excluding hydrogens is 276 g/mol. The lowest BCUT2D eigenvalue weighted by Crippen LogP contribution is -2.15. The molecule has 0 amide bonds. The van der Waals surface area contributed by atoms with E-state index in [2.05, 4.69) is 15.2 Å². The highest BCUT2D eigenvalue weighted by atomic mass is 16.6. The van der Waals surface area contributed by atoms with Crippen LogP contribution in [0.25, 0.3) is 5.82 Å². The third kappa shape index (κ3) is 2.81. The molecule has 0 aliphatic carbocycles. The molecule has 110 valence electrons. The molecule has 0 aliphatic heterocycles. The molecular formula is C12H14N6O3. The Morgan fingerprint density at radius 3 is 2.81 bits per heavy atom. The van der Waals surface area contributed by atoms with Gasteiger partial charge < -0.3 is 10.9 Å². The van der Waals surface area contributed by atoms with Crippen LogP contribution < -0.4 is 5.73 Å². The average molecular weight is 290 g/mol. The SMILES string of the molecule is CC(C)c1ccn(-c2ncc(/C(N)=N/O)cc2[N+](=O)[O-])n1. The van der Waals surface area contributed by atoms with Gasteiger partial charge in [-0.3, -0.25) is 10.1 Å². The fourth-order valence-corrected chi connectivity index (χ4v) is 1.72. The number of nitrogens with zero attached hydrogens (tertiary/aromatic N) is 5. The van der Waals surface area contributed by atoms with E-state index in [0.29, 0.717) is 0 Å². The molecule has 2 heterocycles. The van der Waals surface area contributed by atoms with Gasteiger partial charge in [0.15, 0.2) is 5.84 Å². The third-order valence-electron chi connectivity index (χ3n) is 2.87. The highest BCUT2D eigenvalue weighted by Gasteiger charge is 2.20. The zero-order valence-electron chi connectivity index (χ0n) is 11.5. The van der Waals surface area contributed by atoms with E-state index >= 15 is 0 Å². The summed E-state index contributed by atoms with van der Waals surface area (Å²) in [6, 6.07) is 2.96. The van der Waals surface area contributed by atoms with E-state index in [1.165, 1.54) is 16.9 Å². The quantitative estimate of drug-likeness (QED) is 0.287. The standard InChI is InChI=1S/C12H14N6O3/c1-7(2)9-3-4-17(15-9)12-10(18(20)21)5-8(6-14-12)11(13)16-19/h3-7,19H,1-2H3,(H2,13,16). The number of hydrogen-bond acceptors (Lipinski definition) is 6. The Morgan fingerprint density at radius 2 is 2.29 bits per heavy atom. The van der Waals surface area contributed by atoms with Crippen LogP contribution in [0.5, 0.6) is 0 Å². The smallest absolute Gasteiger partial charge is 0.314 e. The van der Waals surface area contributed by atoms with Crippen LogP contribution in [0.1, 0.15) is 31.0 Å². The van der Waals surface area contributed by atoms with Crippen molar-refractivity contribution in [2.24, 2.45) is 10.9 Å². The summed E-state index contributed by atoms with van der Waals surface area (Å²) in [6.07, 6.45) is 2.89. The highest BCUT2D eigenvalue weighted by Crippen LogP contribution is 2.22. The van der Waals surface area contributed by atoms with Crippen molar-refractivity contribution in [3.05, 3.63) is 45.9 Å². The van der Waals surface area contributed by atoms with E-state index in [0.717, 1.165) is 5.69 Å². The molecule has 0 fully saturated rings. The van der Waals surface area contributed by atoms with Gasteiger partial charge in [-0.15, -0.1) is 0 Å². The molecule has 2 aromatic heterocycles. The van der Waals surface area contributed by atoms with E-state index in [1.54, 1.807) is 12.3 Å². The summed E-state index contributed by atoms with van der Waals surface area (Å²) in [5.74, 6) is 0.0172. The molecule has 0 aromatic carbocycles. The molecule has 0 saturated carbocycles. The number of hydrogen-bond donors (Lipinski definition) is 2. The van der Waals surface area contributed by atoms with Gasteiger partial charge in [0, 0.05) is 24.0 Å². The molecule has 9 heteroatoms. The second-order valence-corrected chi connectivity index (χ2v) is 4.65. The Bertz CT molecular complexity index is 707. The van der Waals surface area contributed by atoms with Gasteiger partial charge in [-0.25, -0.2) is 9.67 Å². The van der Waals surface area contributed by atoms with E-state index < -0.39 is 4.92 Å². The Balaban J connectivity index is 2.54. The first-order valence-electron chi connectivity index (χ1n) is 6.12. The van der Waals surface area contributed by atoms with Crippen molar-refractivity contribution in [3.63, 3.8) is 0 Å². The average Bonchev–Trinajstić information content (AvgIpc) is 2.95. The van der Waals surface area contributed by atoms with Crippen molar-refractivity contribution in [2.45, 2.75) is 19.8 Å². The highest BCUT2D eigenvalue weighted by molar-refractivity contribution is 5.97. The van der Waals surface area contributed by atoms with Crippen molar-refractivity contribution in [1.29, 1.82) is 0 Å². The van der Waals surface area contributed by atoms with E-state index in [-0.39, 0.29) is 28.8 Å². The monoisotopic (exact) mass is 290 g/mol. The lowest BCUT2D eigenvalue weighted by atomic mass is 10.1. The summed E-state index contributed by atoms with van der Waals surface area (Å²) in [6.45, 7) is 3.94. The number of pyridine rings is 1. The van der Waals surface area contributed by atoms with Crippen molar-refractivity contribution in [2.75, 3.05) is 0 Å². The fourth-order valence-electron chi connectivity index (χ4n) is 1.72. The lowest BCUT2D eigenvalue weighted by Gasteiger charge is -2.04. The maximum absolute atomic E-state index is 11.2. The Hall–Kier alpha value is -2.97. The largest absolute Gasteiger partial charge is 0.409 e. The molecule has 0 saturated heterocycles. The molecule has 0 radical (unpaired) electrons. The van der Waals surface area contributed by atoms with Crippen LogP contribution in [0, 0.1) is 10.1 Å². The summed E-state index contributed by atoms with van der Waals surface area (Å²) >= 11 is 0. The van der Waals surface area contributed by atoms with Gasteiger partial charge >= 0.3 is 5.69 Å². The number of aromatic nitrogens is 3. The van der Waals surface area contributed by atoms with Gasteiger partial charge in [0.05, 0.1) is 10.6 Å². The van der Waals surface area contributed by atoms with E-state index in [9.17, 15) is 10.1 Å². The van der Waals surface area contributed by atoms with Crippen molar-refractivity contribution < 1.29 is 10.1 Å². The zero-order valence-corrected chi connectivity index (χ0v) is 11.5. The molecule has 21 heavy (non-hydrogen) atoms. The minimum atomic E-state index is -0.590. The topological polar surface area (TPSA) is 132 Å². The second-order valence-electron chi connectivity index (χ2n) is 4.65. The Labute approximate surface area is 119 Å². The Kier molecular flexibility index (Phi) is 3.83. The fraction of sp³-hybridized carbons (Fsp3) is 0.250. The van der Waals surface area contributed by atoms with Crippen LogP contribution >= 0.6 is 0 Å². The van der Waals surface area contributed by atoms with Gasteiger partial charge in [-0.1, -0.05) is 19.0 Å². The maximum atomic E-state index is 11.2. The first-order chi connectivity index (χ1) is 9.93. The third-order valence-corrected chi connectivity index (χ3v) is 2.87. The predicted octanol–water partition coefficient (Wildman–Crippen LogP) is 1.39. The maximum Gasteiger partial charge on any atom is 0.314 e. The molecule has 2 aromatic rings. The first kappa shape index (κ1) is 14.4. The minimum Gasteiger partial charge on any atom is -0.409 e. The van der Waals surface area contributed by atoms with Crippen LogP contribution in [0.2, 0.25) is 0 Å². The molecule has 9 nitrogen and oxygen atoms in total. The van der Waals surface area contributed by atoms with E-state index in [4.69, 9.17) is 10.9 Å². The van der Waals surface area contributed by atoms with Crippen LogP contribution in [0.3, 0.4) is 0 Å². The molecule has 0 spiro atoms. The summed E-state index contributed by atoms with van der Waals surface area (Å²) < 4.78 is 1.34. The van der Waals surface area contributed by atoms with Crippen LogP contribution in [-0.4, -0.2) is 30.7 Å². The number of oxime groups is 1. The van der Waals surface area contributed by atoms with E-state index in [1.807, 2.05) is 13.8 Å². The summed E-state index contributed by atoms with van der Waals surface area (Å²) in [5, 5.41) is 26.9. The van der Waals surface area contributed by atoms with Crippen molar-refractivity contribution in [1.82, 2.24) is 14.8 Å². The van der Waals surface area contributed by atoms with Crippen LogP contribution in [0.15, 0.2) is 29.7 Å². The van der Waals surface area contributed by atoms with Crippen LogP contribution in [-0.2, 0) is 0 Å². The normalized spacial score (nSPS) is 11.9. The zero-order chi connectivity index (χ0) is 15.6. The number of nitrogens with two attached hydrogens (primary N) is 1. The summed E-state index contributed by atoms with van der Waals surface area (Å²) in [7, 11) is 0. The van der Waals surface area contributed by atoms with Gasteiger partial charge in [0.2, 0.25) is 5.82 Å². The van der Waals surface area contributed by atoms with Crippen molar-refractivity contribution in [3.8, 4) is 5.82 Å². The molecule has 0 aliphatic rings. The summed E-state index contributed by atoms with van der Waals surface area (Å²) in [5.41, 5.74) is 6.09. The van der Waals surface area contributed by atoms with Crippen molar-refractivity contribution >= 4 is 11.5 Å².